The first-order valence-corrected chi connectivity index (χ1v) is 10.2. The minimum absolute atomic E-state index is 0.0167. The third-order valence-electron chi connectivity index (χ3n) is 4.00. The molecule has 1 aromatic heterocycles. The van der Waals surface area contributed by atoms with E-state index < -0.39 is 0 Å². The van der Waals surface area contributed by atoms with Crippen molar-refractivity contribution in [3.05, 3.63) is 59.5 Å². The molecule has 0 radical (unpaired) electrons. The smallest absolute Gasteiger partial charge is 0.264 e. The highest BCUT2D eigenvalue weighted by Gasteiger charge is 2.09. The lowest BCUT2D eigenvalue weighted by Gasteiger charge is -2.06. The van der Waals surface area contributed by atoms with Crippen molar-refractivity contribution in [1.82, 2.24) is 4.98 Å². The van der Waals surface area contributed by atoms with Crippen LogP contribution in [-0.4, -0.2) is 29.9 Å². The van der Waals surface area contributed by atoms with Gasteiger partial charge in [0.2, 0.25) is 0 Å². The van der Waals surface area contributed by atoms with Gasteiger partial charge in [-0.2, -0.15) is 0 Å². The normalized spacial score (nSPS) is 10.4. The van der Waals surface area contributed by atoms with E-state index in [9.17, 15) is 9.59 Å². The Labute approximate surface area is 173 Å². The van der Waals surface area contributed by atoms with Gasteiger partial charge >= 0.3 is 0 Å². The van der Waals surface area contributed by atoms with E-state index in [-0.39, 0.29) is 18.3 Å². The van der Waals surface area contributed by atoms with Crippen LogP contribution in [-0.2, 0) is 4.79 Å². The maximum atomic E-state index is 12.1. The van der Waals surface area contributed by atoms with Gasteiger partial charge in [-0.15, -0.1) is 11.3 Å². The van der Waals surface area contributed by atoms with Crippen molar-refractivity contribution in [1.29, 1.82) is 0 Å². The van der Waals surface area contributed by atoms with E-state index >= 15 is 0 Å². The number of amides is 1. The maximum absolute atomic E-state index is 12.1. The van der Waals surface area contributed by atoms with Gasteiger partial charge in [-0.3, -0.25) is 14.9 Å². The molecular weight excluding hydrogens is 388 g/mol. The number of benzene rings is 2. The van der Waals surface area contributed by atoms with Gasteiger partial charge in [-0.1, -0.05) is 6.92 Å². The molecule has 0 unspecified atom stereocenters. The van der Waals surface area contributed by atoms with Crippen molar-refractivity contribution in [2.75, 3.05) is 18.5 Å². The first kappa shape index (κ1) is 20.5. The Morgan fingerprint density at radius 1 is 1.00 bits per heavy atom. The zero-order chi connectivity index (χ0) is 20.6. The minimum Gasteiger partial charge on any atom is -0.494 e. The molecule has 1 amide bonds. The van der Waals surface area contributed by atoms with E-state index in [4.69, 9.17) is 9.47 Å². The summed E-state index contributed by atoms with van der Waals surface area (Å²) in [5, 5.41) is 5.13. The molecule has 7 heteroatoms. The molecule has 0 fully saturated rings. The maximum Gasteiger partial charge on any atom is 0.264 e. The average molecular weight is 410 g/mol. The number of rotatable bonds is 9. The highest BCUT2D eigenvalue weighted by Crippen LogP contribution is 2.26. The summed E-state index contributed by atoms with van der Waals surface area (Å²) in [6, 6.07) is 14.4. The predicted molar refractivity (Wildman–Crippen MR) is 114 cm³/mol. The van der Waals surface area contributed by atoms with Gasteiger partial charge in [0.25, 0.3) is 5.91 Å². The lowest BCUT2D eigenvalue weighted by Crippen LogP contribution is -2.20. The molecule has 0 aliphatic carbocycles. The van der Waals surface area contributed by atoms with Gasteiger partial charge in [-0.05, 0) is 61.9 Å². The quantitative estimate of drug-likeness (QED) is 0.512. The molecule has 0 aliphatic heterocycles. The van der Waals surface area contributed by atoms with Crippen molar-refractivity contribution >= 4 is 28.2 Å². The fourth-order valence-electron chi connectivity index (χ4n) is 2.50. The number of hydrogen-bond donors (Lipinski definition) is 1. The molecule has 1 heterocycles. The standard InChI is InChI=1S/C22H22N2O4S/c1-3-12-27-18-10-6-17(7-11-18)20-14-29-22(23-20)24-21(26)13-28-19-8-4-16(5-9-19)15(2)25/h4-11,14H,3,12-13H2,1-2H3,(H,23,24,26). The molecule has 0 saturated carbocycles. The van der Waals surface area contributed by atoms with E-state index in [0.717, 1.165) is 23.4 Å². The highest BCUT2D eigenvalue weighted by molar-refractivity contribution is 7.14. The van der Waals surface area contributed by atoms with Crippen LogP contribution in [0.15, 0.2) is 53.9 Å². The van der Waals surface area contributed by atoms with E-state index in [0.29, 0.717) is 23.1 Å². The van der Waals surface area contributed by atoms with Crippen molar-refractivity contribution in [3.63, 3.8) is 0 Å². The molecule has 2 aromatic carbocycles. The van der Waals surface area contributed by atoms with E-state index in [1.165, 1.54) is 18.3 Å². The topological polar surface area (TPSA) is 77.5 Å². The third-order valence-corrected chi connectivity index (χ3v) is 4.76. The van der Waals surface area contributed by atoms with Crippen LogP contribution < -0.4 is 14.8 Å². The second-order valence-electron chi connectivity index (χ2n) is 6.33. The molecule has 6 nitrogen and oxygen atoms in total. The number of ether oxygens (including phenoxy) is 2. The number of carbonyl (C=O) groups excluding carboxylic acids is 2. The largest absolute Gasteiger partial charge is 0.494 e. The first-order chi connectivity index (χ1) is 14.0. The fourth-order valence-corrected chi connectivity index (χ4v) is 3.23. The van der Waals surface area contributed by atoms with Crippen molar-refractivity contribution in [2.24, 2.45) is 0 Å². The van der Waals surface area contributed by atoms with E-state index in [1.807, 2.05) is 29.6 Å². The molecule has 0 bridgehead atoms. The fraction of sp³-hybridized carbons (Fsp3) is 0.227. The van der Waals surface area contributed by atoms with Gasteiger partial charge in [0.15, 0.2) is 17.5 Å². The van der Waals surface area contributed by atoms with E-state index in [2.05, 4.69) is 17.2 Å². The Morgan fingerprint density at radius 3 is 2.31 bits per heavy atom. The number of aromatic nitrogens is 1. The summed E-state index contributed by atoms with van der Waals surface area (Å²) < 4.78 is 11.0. The van der Waals surface area contributed by atoms with Crippen LogP contribution in [0.2, 0.25) is 0 Å². The lowest BCUT2D eigenvalue weighted by atomic mass is 10.1. The van der Waals surface area contributed by atoms with Crippen molar-refractivity contribution < 1.29 is 19.1 Å². The summed E-state index contributed by atoms with van der Waals surface area (Å²) in [7, 11) is 0. The zero-order valence-electron chi connectivity index (χ0n) is 16.3. The minimum atomic E-state index is -0.301. The Hall–Kier alpha value is -3.19. The Morgan fingerprint density at radius 2 is 1.66 bits per heavy atom. The number of anilines is 1. The molecule has 29 heavy (non-hydrogen) atoms. The molecule has 150 valence electrons. The van der Waals surface area contributed by atoms with E-state index in [1.54, 1.807) is 24.3 Å². The Bertz CT molecular complexity index is 965. The Kier molecular flexibility index (Phi) is 6.97. The number of hydrogen-bond acceptors (Lipinski definition) is 6. The average Bonchev–Trinajstić information content (AvgIpc) is 3.19. The van der Waals surface area contributed by atoms with Crippen LogP contribution in [0.5, 0.6) is 11.5 Å². The monoisotopic (exact) mass is 410 g/mol. The van der Waals surface area contributed by atoms with Gasteiger partial charge in [-0.25, -0.2) is 4.98 Å². The summed E-state index contributed by atoms with van der Waals surface area (Å²) in [5.74, 6) is 1.03. The van der Waals surface area contributed by atoms with Crippen molar-refractivity contribution in [2.45, 2.75) is 20.3 Å². The molecule has 0 aliphatic rings. The van der Waals surface area contributed by atoms with Gasteiger partial charge < -0.3 is 9.47 Å². The first-order valence-electron chi connectivity index (χ1n) is 9.27. The van der Waals surface area contributed by atoms with Crippen LogP contribution in [0, 0.1) is 0 Å². The number of ketones is 1. The second-order valence-corrected chi connectivity index (χ2v) is 7.19. The van der Waals surface area contributed by atoms with Crippen LogP contribution in [0.3, 0.4) is 0 Å². The van der Waals surface area contributed by atoms with Crippen LogP contribution in [0.25, 0.3) is 11.3 Å². The van der Waals surface area contributed by atoms with Gasteiger partial charge in [0, 0.05) is 16.5 Å². The number of Topliss-reactive ketones (excluding diaryl/α,β-unsaturated/α-hetero) is 1. The lowest BCUT2D eigenvalue weighted by molar-refractivity contribution is -0.118. The molecule has 0 saturated heterocycles. The SMILES string of the molecule is CCCOc1ccc(-c2csc(NC(=O)COc3ccc(C(C)=O)cc3)n2)cc1. The third kappa shape index (κ3) is 5.89. The summed E-state index contributed by atoms with van der Waals surface area (Å²) in [4.78, 5) is 27.8. The van der Waals surface area contributed by atoms with Gasteiger partial charge in [0.1, 0.15) is 11.5 Å². The molecule has 3 aromatic rings. The van der Waals surface area contributed by atoms with Crippen LogP contribution >= 0.6 is 11.3 Å². The van der Waals surface area contributed by atoms with Crippen LogP contribution in [0.1, 0.15) is 30.6 Å². The number of nitrogens with zero attached hydrogens (tertiary/aromatic N) is 1. The summed E-state index contributed by atoms with van der Waals surface area (Å²) in [6.07, 6.45) is 0.963. The van der Waals surface area contributed by atoms with Crippen molar-refractivity contribution in [3.8, 4) is 22.8 Å². The Balaban J connectivity index is 1.52. The number of carbonyl (C=O) groups is 2. The van der Waals surface area contributed by atoms with Crippen LogP contribution in [0.4, 0.5) is 5.13 Å². The molecule has 0 spiro atoms. The second kappa shape index (κ2) is 9.84. The summed E-state index contributed by atoms with van der Waals surface area (Å²) in [5.41, 5.74) is 2.34. The predicted octanol–water partition coefficient (Wildman–Crippen LogP) is 4.82. The molecule has 1 N–H and O–H groups in total. The number of nitrogens with one attached hydrogen (secondary N) is 1. The zero-order valence-corrected chi connectivity index (χ0v) is 17.1. The highest BCUT2D eigenvalue weighted by atomic mass is 32.1. The molecule has 3 rings (SSSR count). The summed E-state index contributed by atoms with van der Waals surface area (Å²) >= 11 is 1.35. The molecule has 0 atom stereocenters. The summed E-state index contributed by atoms with van der Waals surface area (Å²) in [6.45, 7) is 4.11. The molecular formula is C22H22N2O4S. The van der Waals surface area contributed by atoms with Gasteiger partial charge in [0.05, 0.1) is 12.3 Å². The number of thiazole rings is 1.